The summed E-state index contributed by atoms with van der Waals surface area (Å²) in [6.07, 6.45) is -0.584. The number of hydrogen-bond acceptors (Lipinski definition) is 3. The summed E-state index contributed by atoms with van der Waals surface area (Å²) in [5, 5.41) is 0. The molecule has 22 heavy (non-hydrogen) atoms. The molecule has 1 aromatic carbocycles. The van der Waals surface area contributed by atoms with E-state index in [-0.39, 0.29) is 11.4 Å². The number of carbonyl (C=O) groups excluding carboxylic acids is 1. The predicted molar refractivity (Wildman–Crippen MR) is 88.6 cm³/mol. The first-order valence-corrected chi connectivity index (χ1v) is 10.2. The minimum absolute atomic E-state index is 0.251. The van der Waals surface area contributed by atoms with Crippen molar-refractivity contribution in [1.29, 1.82) is 0 Å². The Bertz CT molecular complexity index is 501. The first kappa shape index (κ1) is 18.6. The first-order valence-electron chi connectivity index (χ1n) is 7.63. The number of rotatable bonds is 8. The summed E-state index contributed by atoms with van der Waals surface area (Å²) in [6.45, 7) is 10.2. The molecule has 0 saturated carbocycles. The van der Waals surface area contributed by atoms with Gasteiger partial charge in [-0.15, -0.1) is 0 Å². The van der Waals surface area contributed by atoms with E-state index in [1.165, 1.54) is 19.2 Å². The molecule has 0 spiro atoms. The Morgan fingerprint density at radius 3 is 2.09 bits per heavy atom. The van der Waals surface area contributed by atoms with Crippen LogP contribution in [0.2, 0.25) is 18.1 Å². The molecule has 0 aliphatic carbocycles. The second-order valence-electron chi connectivity index (χ2n) is 5.31. The van der Waals surface area contributed by atoms with E-state index in [1.807, 2.05) is 0 Å². The molecule has 5 heteroatoms. The Kier molecular flexibility index (Phi) is 6.96. The quantitative estimate of drug-likeness (QED) is 0.398. The molecular formula is C17H25FO3Si. The van der Waals surface area contributed by atoms with E-state index in [1.54, 1.807) is 12.1 Å². The summed E-state index contributed by atoms with van der Waals surface area (Å²) in [6, 6.07) is 8.85. The molecule has 0 amide bonds. The van der Waals surface area contributed by atoms with Crippen LogP contribution in [-0.2, 0) is 14.0 Å². The summed E-state index contributed by atoms with van der Waals surface area (Å²) >= 11 is 0. The molecule has 0 radical (unpaired) electrons. The third kappa shape index (κ3) is 4.27. The van der Waals surface area contributed by atoms with Crippen molar-refractivity contribution in [3.8, 4) is 0 Å². The van der Waals surface area contributed by atoms with Gasteiger partial charge in [-0.2, -0.15) is 0 Å². The summed E-state index contributed by atoms with van der Waals surface area (Å²) in [7, 11) is -0.642. The fourth-order valence-corrected chi connectivity index (χ4v) is 5.24. The van der Waals surface area contributed by atoms with Crippen molar-refractivity contribution in [2.24, 2.45) is 0 Å². The molecule has 0 heterocycles. The van der Waals surface area contributed by atoms with Crippen molar-refractivity contribution in [3.05, 3.63) is 47.8 Å². The maximum atomic E-state index is 13.2. The van der Waals surface area contributed by atoms with Crippen LogP contribution < -0.4 is 0 Å². The summed E-state index contributed by atoms with van der Waals surface area (Å²) in [5.74, 6) is -0.823. The maximum absolute atomic E-state index is 13.2. The minimum Gasteiger partial charge on any atom is -0.466 e. The van der Waals surface area contributed by atoms with Gasteiger partial charge in [0, 0.05) is 0 Å². The molecular weight excluding hydrogens is 299 g/mol. The molecule has 0 N–H and O–H groups in total. The highest BCUT2D eigenvalue weighted by Gasteiger charge is 2.35. The van der Waals surface area contributed by atoms with Crippen LogP contribution in [0.5, 0.6) is 0 Å². The zero-order valence-electron chi connectivity index (χ0n) is 13.8. The van der Waals surface area contributed by atoms with E-state index in [2.05, 4.69) is 27.4 Å². The van der Waals surface area contributed by atoms with Crippen LogP contribution in [0.4, 0.5) is 4.39 Å². The molecule has 1 unspecified atom stereocenters. The molecule has 0 aromatic heterocycles. The molecule has 0 saturated heterocycles. The summed E-state index contributed by atoms with van der Waals surface area (Å²) < 4.78 is 24.4. The summed E-state index contributed by atoms with van der Waals surface area (Å²) in [5.41, 5.74) is 0.977. The molecule has 1 aromatic rings. The normalized spacial score (nSPS) is 12.8. The number of hydrogen-bond donors (Lipinski definition) is 0. The number of carbonyl (C=O) groups is 1. The van der Waals surface area contributed by atoms with Gasteiger partial charge in [0.1, 0.15) is 11.9 Å². The van der Waals surface area contributed by atoms with Gasteiger partial charge in [-0.05, 0) is 35.8 Å². The molecule has 0 aliphatic rings. The number of esters is 1. The average Bonchev–Trinajstić information content (AvgIpc) is 2.56. The third-order valence-corrected chi connectivity index (χ3v) is 8.84. The summed E-state index contributed by atoms with van der Waals surface area (Å²) in [4.78, 5) is 11.9. The van der Waals surface area contributed by atoms with Gasteiger partial charge in [-0.3, -0.25) is 0 Å². The highest BCUT2D eigenvalue weighted by atomic mass is 28.4. The van der Waals surface area contributed by atoms with Crippen molar-refractivity contribution in [3.63, 3.8) is 0 Å². The molecule has 0 fully saturated rings. The van der Waals surface area contributed by atoms with E-state index < -0.39 is 20.4 Å². The molecule has 122 valence electrons. The van der Waals surface area contributed by atoms with Crippen LogP contribution in [-0.4, -0.2) is 21.4 Å². The van der Waals surface area contributed by atoms with Crippen molar-refractivity contribution < 1.29 is 18.3 Å². The highest BCUT2D eigenvalue weighted by molar-refractivity contribution is 6.73. The van der Waals surface area contributed by atoms with E-state index in [0.717, 1.165) is 23.7 Å². The van der Waals surface area contributed by atoms with Gasteiger partial charge in [-0.1, -0.05) is 39.5 Å². The average molecular weight is 324 g/mol. The van der Waals surface area contributed by atoms with Crippen molar-refractivity contribution in [2.75, 3.05) is 7.11 Å². The first-order chi connectivity index (χ1) is 10.4. The number of halogens is 1. The lowest BCUT2D eigenvalue weighted by atomic mass is 10.0. The molecule has 0 bridgehead atoms. The van der Waals surface area contributed by atoms with Crippen LogP contribution in [0, 0.1) is 5.82 Å². The second-order valence-corrected chi connectivity index (χ2v) is 10.0. The highest BCUT2D eigenvalue weighted by Crippen LogP contribution is 2.34. The topological polar surface area (TPSA) is 35.5 Å². The van der Waals surface area contributed by atoms with Crippen LogP contribution in [0.1, 0.15) is 32.4 Å². The monoisotopic (exact) mass is 324 g/mol. The number of benzene rings is 1. The minimum atomic E-state index is -1.96. The lowest BCUT2D eigenvalue weighted by molar-refractivity contribution is -0.137. The van der Waals surface area contributed by atoms with Crippen LogP contribution in [0.3, 0.4) is 0 Å². The van der Waals surface area contributed by atoms with E-state index >= 15 is 0 Å². The Labute approximate surface area is 133 Å². The lowest BCUT2D eigenvalue weighted by Crippen LogP contribution is -2.38. The van der Waals surface area contributed by atoms with Gasteiger partial charge in [0.05, 0.1) is 12.7 Å². The number of ether oxygens (including phenoxy) is 1. The SMILES string of the molecule is C=C(C(=O)OC)C(O[Si](CC)(CC)CC)c1ccc(F)cc1. The van der Waals surface area contributed by atoms with Gasteiger partial charge in [0.15, 0.2) is 8.32 Å². The molecule has 3 nitrogen and oxygen atoms in total. The van der Waals surface area contributed by atoms with E-state index in [4.69, 9.17) is 9.16 Å². The predicted octanol–water partition coefficient (Wildman–Crippen LogP) is 4.62. The third-order valence-electron chi connectivity index (χ3n) is 4.24. The van der Waals surface area contributed by atoms with Gasteiger partial charge in [-0.25, -0.2) is 9.18 Å². The van der Waals surface area contributed by atoms with Gasteiger partial charge in [0.25, 0.3) is 0 Å². The van der Waals surface area contributed by atoms with Gasteiger partial charge >= 0.3 is 5.97 Å². The van der Waals surface area contributed by atoms with Crippen LogP contribution in [0.25, 0.3) is 0 Å². The Balaban J connectivity index is 3.19. The van der Waals surface area contributed by atoms with Crippen molar-refractivity contribution in [2.45, 2.75) is 45.0 Å². The molecule has 0 aliphatic heterocycles. The fraction of sp³-hybridized carbons (Fsp3) is 0.471. The van der Waals surface area contributed by atoms with Gasteiger partial charge < -0.3 is 9.16 Å². The smallest absolute Gasteiger partial charge is 0.336 e. The second kappa shape index (κ2) is 8.24. The fourth-order valence-electron chi connectivity index (χ4n) is 2.47. The largest absolute Gasteiger partial charge is 0.466 e. The van der Waals surface area contributed by atoms with E-state index in [9.17, 15) is 9.18 Å². The standard InChI is InChI=1S/C17H25FO3Si/c1-6-22(7-2,8-3)21-16(13(4)17(19)20-5)14-9-11-15(18)12-10-14/h9-12,16H,4,6-8H2,1-3,5H3. The number of methoxy groups -OCH3 is 1. The Morgan fingerprint density at radius 1 is 1.18 bits per heavy atom. The van der Waals surface area contributed by atoms with E-state index in [0.29, 0.717) is 0 Å². The Morgan fingerprint density at radius 2 is 1.68 bits per heavy atom. The van der Waals surface area contributed by atoms with Crippen LogP contribution in [0.15, 0.2) is 36.4 Å². The zero-order chi connectivity index (χ0) is 16.8. The van der Waals surface area contributed by atoms with Crippen molar-refractivity contribution >= 4 is 14.3 Å². The molecule has 1 atom stereocenters. The molecule has 1 rings (SSSR count). The van der Waals surface area contributed by atoms with Gasteiger partial charge in [0.2, 0.25) is 0 Å². The lowest BCUT2D eigenvalue weighted by Gasteiger charge is -2.33. The zero-order valence-corrected chi connectivity index (χ0v) is 14.8. The van der Waals surface area contributed by atoms with Crippen LogP contribution >= 0.6 is 0 Å². The Hall–Kier alpha value is -1.46. The maximum Gasteiger partial charge on any atom is 0.336 e. The van der Waals surface area contributed by atoms with Crippen molar-refractivity contribution in [1.82, 2.24) is 0 Å².